The van der Waals surface area contributed by atoms with Crippen LogP contribution in [0, 0.1) is 12.8 Å². The highest BCUT2D eigenvalue weighted by Gasteiger charge is 2.30. The second-order valence-electron chi connectivity index (χ2n) is 5.97. The van der Waals surface area contributed by atoms with Crippen LogP contribution in [0.15, 0.2) is 11.2 Å². The van der Waals surface area contributed by atoms with Crippen LogP contribution in [0.3, 0.4) is 0 Å². The number of nitrogens with zero attached hydrogens (tertiary/aromatic N) is 3. The molecule has 118 valence electrons. The van der Waals surface area contributed by atoms with Crippen LogP contribution in [0.5, 0.6) is 5.75 Å². The fourth-order valence-corrected chi connectivity index (χ4v) is 2.97. The first-order chi connectivity index (χ1) is 10.6. The van der Waals surface area contributed by atoms with Crippen LogP contribution in [0.25, 0.3) is 0 Å². The van der Waals surface area contributed by atoms with Gasteiger partial charge >= 0.3 is 0 Å². The van der Waals surface area contributed by atoms with Gasteiger partial charge in [0.25, 0.3) is 0 Å². The molecule has 1 aromatic rings. The van der Waals surface area contributed by atoms with E-state index in [2.05, 4.69) is 21.9 Å². The number of hydrogen-bond donors (Lipinski definition) is 0. The van der Waals surface area contributed by atoms with E-state index in [0.29, 0.717) is 29.8 Å². The van der Waals surface area contributed by atoms with Crippen molar-refractivity contribution >= 4 is 11.5 Å². The molecule has 3 aliphatic rings. The zero-order valence-corrected chi connectivity index (χ0v) is 13.0. The van der Waals surface area contributed by atoms with E-state index in [1.807, 2.05) is 0 Å². The lowest BCUT2D eigenvalue weighted by Gasteiger charge is -2.21. The second-order valence-corrected chi connectivity index (χ2v) is 5.97. The summed E-state index contributed by atoms with van der Waals surface area (Å²) in [5.41, 5.74) is 2.02. The number of ether oxygens (including phenoxy) is 2. The Kier molecular flexibility index (Phi) is 4.47. The molecule has 0 spiro atoms. The van der Waals surface area contributed by atoms with Crippen molar-refractivity contribution in [3.8, 4) is 5.75 Å². The smallest absolute Gasteiger partial charge is 0.176 e. The Labute approximate surface area is 130 Å². The van der Waals surface area contributed by atoms with Crippen LogP contribution in [-0.4, -0.2) is 47.3 Å². The number of aryl methyl sites for hydroxylation is 1. The highest BCUT2D eigenvalue weighted by molar-refractivity contribution is 5.84. The monoisotopic (exact) mass is 303 g/mol. The molecule has 1 fully saturated rings. The SMILES string of the molecule is CC1=NCC2OCCC2C1.Cc1ncc2c(n1)CC(=O)CO2. The molecule has 6 nitrogen and oxygen atoms in total. The van der Waals surface area contributed by atoms with E-state index >= 15 is 0 Å². The topological polar surface area (TPSA) is 73.7 Å². The normalized spacial score (nSPS) is 26.1. The van der Waals surface area contributed by atoms with Gasteiger partial charge in [-0.25, -0.2) is 9.97 Å². The van der Waals surface area contributed by atoms with Crippen LogP contribution in [0.4, 0.5) is 0 Å². The molecule has 0 aromatic carbocycles. The number of carbonyl (C=O) groups is 1. The van der Waals surface area contributed by atoms with Crippen molar-refractivity contribution in [1.29, 1.82) is 0 Å². The summed E-state index contributed by atoms with van der Waals surface area (Å²) >= 11 is 0. The third-order valence-corrected chi connectivity index (χ3v) is 4.15. The zero-order chi connectivity index (χ0) is 15.5. The molecule has 22 heavy (non-hydrogen) atoms. The van der Waals surface area contributed by atoms with E-state index in [1.165, 1.54) is 18.6 Å². The van der Waals surface area contributed by atoms with Gasteiger partial charge in [0.05, 0.1) is 31.0 Å². The lowest BCUT2D eigenvalue weighted by Crippen LogP contribution is -2.26. The number of Topliss-reactive ketones (excluding diaryl/α,β-unsaturated/α-hetero) is 1. The molecule has 0 aliphatic carbocycles. The number of carbonyl (C=O) groups excluding carboxylic acids is 1. The summed E-state index contributed by atoms with van der Waals surface area (Å²) in [6.07, 6.45) is 4.87. The molecule has 2 atom stereocenters. The second kappa shape index (κ2) is 6.52. The standard InChI is InChI=1S/C8H8N2O2.C8H13NO/c1-5-9-3-8-7(10-5)2-6(11)4-12-8;1-6-4-7-2-3-10-8(7)5-9-6/h3H,2,4H2,1H3;7-8H,2-5H2,1H3. The maximum Gasteiger partial charge on any atom is 0.176 e. The molecular weight excluding hydrogens is 282 g/mol. The maximum absolute atomic E-state index is 11.0. The molecule has 2 unspecified atom stereocenters. The summed E-state index contributed by atoms with van der Waals surface area (Å²) in [7, 11) is 0. The van der Waals surface area contributed by atoms with Crippen molar-refractivity contribution in [2.45, 2.75) is 39.2 Å². The predicted molar refractivity (Wildman–Crippen MR) is 81.4 cm³/mol. The highest BCUT2D eigenvalue weighted by atomic mass is 16.5. The summed E-state index contributed by atoms with van der Waals surface area (Å²) in [6.45, 7) is 5.93. The van der Waals surface area contributed by atoms with E-state index in [9.17, 15) is 4.79 Å². The van der Waals surface area contributed by atoms with Gasteiger partial charge in [-0.2, -0.15) is 0 Å². The number of ketones is 1. The number of aliphatic imine (C=N–C) groups is 1. The quantitative estimate of drug-likeness (QED) is 0.727. The van der Waals surface area contributed by atoms with E-state index in [4.69, 9.17) is 9.47 Å². The fourth-order valence-electron chi connectivity index (χ4n) is 2.97. The fraction of sp³-hybridized carbons (Fsp3) is 0.625. The summed E-state index contributed by atoms with van der Waals surface area (Å²) < 4.78 is 10.6. The van der Waals surface area contributed by atoms with E-state index in [0.717, 1.165) is 19.1 Å². The van der Waals surface area contributed by atoms with Gasteiger partial charge in [-0.15, -0.1) is 0 Å². The van der Waals surface area contributed by atoms with Gasteiger partial charge in [-0.1, -0.05) is 0 Å². The number of aromatic nitrogens is 2. The Balaban J connectivity index is 0.000000133. The molecule has 0 radical (unpaired) electrons. The van der Waals surface area contributed by atoms with Crippen LogP contribution >= 0.6 is 0 Å². The zero-order valence-electron chi connectivity index (χ0n) is 13.0. The minimum atomic E-state index is 0.0700. The summed E-state index contributed by atoms with van der Waals surface area (Å²) in [5.74, 6) is 2.17. The van der Waals surface area contributed by atoms with Gasteiger partial charge < -0.3 is 9.47 Å². The van der Waals surface area contributed by atoms with Gasteiger partial charge in [0, 0.05) is 12.3 Å². The summed E-state index contributed by atoms with van der Waals surface area (Å²) in [4.78, 5) is 23.4. The minimum Gasteiger partial charge on any atom is -0.482 e. The third kappa shape index (κ3) is 3.50. The molecular formula is C16H21N3O3. The van der Waals surface area contributed by atoms with Crippen molar-refractivity contribution in [2.24, 2.45) is 10.9 Å². The largest absolute Gasteiger partial charge is 0.482 e. The van der Waals surface area contributed by atoms with Gasteiger partial charge in [0.1, 0.15) is 12.4 Å². The molecule has 0 bridgehead atoms. The minimum absolute atomic E-state index is 0.0700. The molecule has 1 saturated heterocycles. The average Bonchev–Trinajstić information content (AvgIpc) is 2.94. The van der Waals surface area contributed by atoms with E-state index in [1.54, 1.807) is 13.1 Å². The Morgan fingerprint density at radius 1 is 1.32 bits per heavy atom. The van der Waals surface area contributed by atoms with Crippen molar-refractivity contribution in [1.82, 2.24) is 9.97 Å². The lowest BCUT2D eigenvalue weighted by molar-refractivity contribution is -0.121. The first kappa shape index (κ1) is 15.1. The summed E-state index contributed by atoms with van der Waals surface area (Å²) in [6, 6.07) is 0. The van der Waals surface area contributed by atoms with Gasteiger partial charge in [-0.3, -0.25) is 9.79 Å². The number of hydrogen-bond acceptors (Lipinski definition) is 6. The van der Waals surface area contributed by atoms with Crippen LogP contribution in [0.1, 0.15) is 31.3 Å². The van der Waals surface area contributed by atoms with Crippen molar-refractivity contribution in [3.05, 3.63) is 17.7 Å². The Morgan fingerprint density at radius 3 is 3.05 bits per heavy atom. The molecule has 3 aliphatic heterocycles. The lowest BCUT2D eigenvalue weighted by atomic mass is 9.93. The first-order valence-corrected chi connectivity index (χ1v) is 7.70. The molecule has 0 saturated carbocycles. The average molecular weight is 303 g/mol. The van der Waals surface area contributed by atoms with Crippen LogP contribution in [0.2, 0.25) is 0 Å². The molecule has 1 aromatic heterocycles. The third-order valence-electron chi connectivity index (χ3n) is 4.15. The molecule has 4 rings (SSSR count). The number of rotatable bonds is 0. The van der Waals surface area contributed by atoms with Gasteiger partial charge in [0.2, 0.25) is 0 Å². The molecule has 6 heteroatoms. The predicted octanol–water partition coefficient (Wildman–Crippen LogP) is 1.55. The van der Waals surface area contributed by atoms with Gasteiger partial charge in [-0.05, 0) is 32.6 Å². The molecule has 0 N–H and O–H groups in total. The van der Waals surface area contributed by atoms with Crippen molar-refractivity contribution < 1.29 is 14.3 Å². The van der Waals surface area contributed by atoms with E-state index < -0.39 is 0 Å². The van der Waals surface area contributed by atoms with Crippen molar-refractivity contribution in [3.63, 3.8) is 0 Å². The highest BCUT2D eigenvalue weighted by Crippen LogP contribution is 2.27. The maximum atomic E-state index is 11.0. The summed E-state index contributed by atoms with van der Waals surface area (Å²) in [5, 5.41) is 0. The van der Waals surface area contributed by atoms with E-state index in [-0.39, 0.29) is 12.4 Å². The Hall–Kier alpha value is -1.82. The van der Waals surface area contributed by atoms with Crippen LogP contribution in [-0.2, 0) is 16.0 Å². The number of fused-ring (bicyclic) bond motifs is 2. The van der Waals surface area contributed by atoms with Gasteiger partial charge in [0.15, 0.2) is 11.5 Å². The van der Waals surface area contributed by atoms with Crippen molar-refractivity contribution in [2.75, 3.05) is 19.8 Å². The first-order valence-electron chi connectivity index (χ1n) is 7.70. The Bertz CT molecular complexity index is 600. The van der Waals surface area contributed by atoms with Crippen LogP contribution < -0.4 is 4.74 Å². The molecule has 4 heterocycles. The molecule has 0 amide bonds. The Morgan fingerprint density at radius 2 is 2.18 bits per heavy atom.